The van der Waals surface area contributed by atoms with Crippen LogP contribution in [-0.4, -0.2) is 21.3 Å². The van der Waals surface area contributed by atoms with E-state index in [1.807, 2.05) is 19.1 Å². The van der Waals surface area contributed by atoms with Gasteiger partial charge < -0.3 is 0 Å². The molecular formula is C19H15ClN2O2. The Bertz CT molecular complexity index is 910. The molecule has 120 valence electrons. The molecule has 0 unspecified atom stereocenters. The first-order valence-corrected chi connectivity index (χ1v) is 7.81. The fraction of sp³-hybridized carbons (Fsp3) is 0.105. The number of aromatic nitrogens is 2. The maximum Gasteiger partial charge on any atom is 0.196 e. The average Bonchev–Trinajstić information content (AvgIpc) is 3.01. The van der Waals surface area contributed by atoms with Gasteiger partial charge in [0.1, 0.15) is 5.69 Å². The monoisotopic (exact) mass is 338 g/mol. The van der Waals surface area contributed by atoms with Gasteiger partial charge in [-0.05, 0) is 31.2 Å². The summed E-state index contributed by atoms with van der Waals surface area (Å²) in [6.07, 6.45) is 1.59. The summed E-state index contributed by atoms with van der Waals surface area (Å²) in [6.45, 7) is 3.36. The predicted octanol–water partition coefficient (Wildman–Crippen LogP) is 4.27. The quantitative estimate of drug-likeness (QED) is 0.667. The van der Waals surface area contributed by atoms with Crippen molar-refractivity contribution in [2.75, 3.05) is 0 Å². The highest BCUT2D eigenvalue weighted by Crippen LogP contribution is 2.19. The molecular weight excluding hydrogens is 324 g/mol. The van der Waals surface area contributed by atoms with Crippen LogP contribution in [0.1, 0.15) is 38.9 Å². The van der Waals surface area contributed by atoms with Crippen molar-refractivity contribution in [2.45, 2.75) is 13.8 Å². The molecule has 0 bridgehead atoms. The fourth-order valence-electron chi connectivity index (χ4n) is 2.39. The predicted molar refractivity (Wildman–Crippen MR) is 93.2 cm³/mol. The number of hydrogen-bond donors (Lipinski definition) is 0. The summed E-state index contributed by atoms with van der Waals surface area (Å²) in [7, 11) is 0. The normalized spacial score (nSPS) is 10.6. The Labute approximate surface area is 144 Å². The van der Waals surface area contributed by atoms with Crippen molar-refractivity contribution in [3.8, 4) is 5.69 Å². The number of ketones is 2. The second kappa shape index (κ2) is 6.42. The van der Waals surface area contributed by atoms with Gasteiger partial charge in [0.05, 0.1) is 11.3 Å². The molecule has 0 saturated heterocycles. The van der Waals surface area contributed by atoms with Crippen LogP contribution in [0.15, 0.2) is 54.7 Å². The highest BCUT2D eigenvalue weighted by Gasteiger charge is 2.21. The summed E-state index contributed by atoms with van der Waals surface area (Å²) in [6, 6.07) is 14.2. The van der Waals surface area contributed by atoms with Gasteiger partial charge in [-0.15, -0.1) is 0 Å². The molecule has 0 aliphatic heterocycles. The summed E-state index contributed by atoms with van der Waals surface area (Å²) in [5.41, 5.74) is 2.77. The maximum atomic E-state index is 12.8. The van der Waals surface area contributed by atoms with Crippen LogP contribution in [0, 0.1) is 6.92 Å². The van der Waals surface area contributed by atoms with Crippen LogP contribution in [0.4, 0.5) is 0 Å². The molecule has 2 aromatic carbocycles. The lowest BCUT2D eigenvalue weighted by atomic mass is 10.0. The lowest BCUT2D eigenvalue weighted by Gasteiger charge is -2.01. The number of halogens is 1. The van der Waals surface area contributed by atoms with E-state index in [0.717, 1.165) is 11.3 Å². The third-order valence-electron chi connectivity index (χ3n) is 3.70. The minimum atomic E-state index is -0.252. The Hall–Kier alpha value is -2.72. The molecule has 0 N–H and O–H groups in total. The van der Waals surface area contributed by atoms with Gasteiger partial charge in [0.2, 0.25) is 0 Å². The van der Waals surface area contributed by atoms with E-state index in [0.29, 0.717) is 16.1 Å². The van der Waals surface area contributed by atoms with Gasteiger partial charge in [-0.2, -0.15) is 5.10 Å². The first kappa shape index (κ1) is 16.1. The standard InChI is InChI=1S/C19H15ClN2O2/c1-12-3-5-14(6-4-12)19(24)17-11-22(21-18(17)13(2)23)16-9-7-15(20)8-10-16/h3-11H,1-2H3. The number of Topliss-reactive ketones (excluding diaryl/α,β-unsaturated/α-hetero) is 1. The van der Waals surface area contributed by atoms with Crippen LogP contribution in [0.2, 0.25) is 5.02 Å². The number of rotatable bonds is 4. The van der Waals surface area contributed by atoms with E-state index < -0.39 is 0 Å². The largest absolute Gasteiger partial charge is 0.293 e. The Morgan fingerprint density at radius 3 is 2.21 bits per heavy atom. The van der Waals surface area contributed by atoms with Crippen LogP contribution in [0.5, 0.6) is 0 Å². The molecule has 3 aromatic rings. The average molecular weight is 339 g/mol. The molecule has 3 rings (SSSR count). The lowest BCUT2D eigenvalue weighted by molar-refractivity contribution is 0.0987. The SMILES string of the molecule is CC(=O)c1nn(-c2ccc(Cl)cc2)cc1C(=O)c1ccc(C)cc1. The van der Waals surface area contributed by atoms with E-state index in [9.17, 15) is 9.59 Å². The minimum Gasteiger partial charge on any atom is -0.293 e. The Morgan fingerprint density at radius 1 is 1.00 bits per heavy atom. The van der Waals surface area contributed by atoms with Crippen LogP contribution >= 0.6 is 11.6 Å². The van der Waals surface area contributed by atoms with Crippen LogP contribution in [0.3, 0.4) is 0 Å². The van der Waals surface area contributed by atoms with Gasteiger partial charge in [0, 0.05) is 23.7 Å². The number of nitrogens with zero attached hydrogens (tertiary/aromatic N) is 2. The Kier molecular flexibility index (Phi) is 4.32. The Balaban J connectivity index is 2.06. The zero-order valence-corrected chi connectivity index (χ0v) is 14.0. The second-order valence-corrected chi connectivity index (χ2v) is 6.00. The Morgan fingerprint density at radius 2 is 1.62 bits per heavy atom. The van der Waals surface area contributed by atoms with E-state index in [4.69, 9.17) is 11.6 Å². The number of aryl methyl sites for hydroxylation is 1. The molecule has 1 heterocycles. The van der Waals surface area contributed by atoms with Gasteiger partial charge in [-0.25, -0.2) is 4.68 Å². The van der Waals surface area contributed by atoms with E-state index in [2.05, 4.69) is 5.10 Å². The summed E-state index contributed by atoms with van der Waals surface area (Å²) < 4.78 is 1.52. The molecule has 24 heavy (non-hydrogen) atoms. The van der Waals surface area contributed by atoms with E-state index in [1.54, 1.807) is 42.6 Å². The first-order valence-electron chi connectivity index (χ1n) is 7.43. The number of carbonyl (C=O) groups is 2. The lowest BCUT2D eigenvalue weighted by Crippen LogP contribution is -2.06. The summed E-state index contributed by atoms with van der Waals surface area (Å²) in [5, 5.41) is 4.88. The minimum absolute atomic E-state index is 0.163. The second-order valence-electron chi connectivity index (χ2n) is 5.56. The smallest absolute Gasteiger partial charge is 0.196 e. The van der Waals surface area contributed by atoms with Crippen molar-refractivity contribution in [3.63, 3.8) is 0 Å². The number of hydrogen-bond acceptors (Lipinski definition) is 3. The molecule has 0 aliphatic rings. The van der Waals surface area contributed by atoms with E-state index >= 15 is 0 Å². The van der Waals surface area contributed by atoms with Gasteiger partial charge in [0.25, 0.3) is 0 Å². The molecule has 4 nitrogen and oxygen atoms in total. The highest BCUT2D eigenvalue weighted by molar-refractivity contribution is 6.30. The molecule has 0 radical (unpaired) electrons. The summed E-state index contributed by atoms with van der Waals surface area (Å²) in [5.74, 6) is -0.474. The van der Waals surface area contributed by atoms with Crippen molar-refractivity contribution in [1.82, 2.24) is 9.78 Å². The maximum absolute atomic E-state index is 12.8. The van der Waals surface area contributed by atoms with Gasteiger partial charge in [-0.1, -0.05) is 41.4 Å². The zero-order valence-electron chi connectivity index (χ0n) is 13.3. The van der Waals surface area contributed by atoms with Crippen molar-refractivity contribution >= 4 is 23.2 Å². The van der Waals surface area contributed by atoms with Gasteiger partial charge >= 0.3 is 0 Å². The molecule has 1 aromatic heterocycles. The third-order valence-corrected chi connectivity index (χ3v) is 3.95. The van der Waals surface area contributed by atoms with Crippen molar-refractivity contribution < 1.29 is 9.59 Å². The van der Waals surface area contributed by atoms with Crippen LogP contribution < -0.4 is 0 Å². The van der Waals surface area contributed by atoms with E-state index in [-0.39, 0.29) is 17.3 Å². The summed E-state index contributed by atoms with van der Waals surface area (Å²) >= 11 is 5.89. The molecule has 0 spiro atoms. The molecule has 0 amide bonds. The molecule has 0 aliphatic carbocycles. The van der Waals surface area contributed by atoms with Gasteiger partial charge in [-0.3, -0.25) is 9.59 Å². The van der Waals surface area contributed by atoms with Crippen molar-refractivity contribution in [1.29, 1.82) is 0 Å². The number of carbonyl (C=O) groups excluding carboxylic acids is 2. The van der Waals surface area contributed by atoms with Crippen molar-refractivity contribution in [2.24, 2.45) is 0 Å². The topological polar surface area (TPSA) is 52.0 Å². The third kappa shape index (κ3) is 3.14. The molecule has 0 fully saturated rings. The van der Waals surface area contributed by atoms with E-state index in [1.165, 1.54) is 11.6 Å². The highest BCUT2D eigenvalue weighted by atomic mass is 35.5. The summed E-state index contributed by atoms with van der Waals surface area (Å²) in [4.78, 5) is 24.7. The molecule has 5 heteroatoms. The zero-order chi connectivity index (χ0) is 17.3. The molecule has 0 saturated carbocycles. The van der Waals surface area contributed by atoms with Gasteiger partial charge in [0.15, 0.2) is 11.6 Å². The van der Waals surface area contributed by atoms with Crippen molar-refractivity contribution in [3.05, 3.63) is 82.1 Å². The number of benzene rings is 2. The molecule has 0 atom stereocenters. The van der Waals surface area contributed by atoms with Crippen LogP contribution in [0.25, 0.3) is 5.69 Å². The first-order chi connectivity index (χ1) is 11.5. The fourth-order valence-corrected chi connectivity index (χ4v) is 2.51. The van der Waals surface area contributed by atoms with Crippen LogP contribution in [-0.2, 0) is 0 Å².